The third-order valence-electron chi connectivity index (χ3n) is 4.76. The number of rotatable bonds is 3. The molecule has 9 heteroatoms. The molecule has 4 heterocycles. The quantitative estimate of drug-likeness (QED) is 0.746. The van der Waals surface area contributed by atoms with Crippen LogP contribution in [0, 0.1) is 13.8 Å². The Hall–Kier alpha value is -2.97. The number of carbonyl (C=O) groups excluding carboxylic acids is 1. The largest absolute Gasteiger partial charge is 0.351 e. The van der Waals surface area contributed by atoms with E-state index in [9.17, 15) is 4.79 Å². The van der Waals surface area contributed by atoms with Crippen LogP contribution in [0.5, 0.6) is 0 Å². The van der Waals surface area contributed by atoms with Crippen LogP contribution in [-0.2, 0) is 7.05 Å². The summed E-state index contributed by atoms with van der Waals surface area (Å²) in [4.78, 5) is 19.2. The molecule has 0 aromatic carbocycles. The molecule has 1 aliphatic rings. The number of carbonyl (C=O) groups is 1. The zero-order valence-corrected chi connectivity index (χ0v) is 14.5. The second-order valence-electron chi connectivity index (χ2n) is 6.39. The number of aromatic nitrogens is 6. The predicted molar refractivity (Wildman–Crippen MR) is 91.5 cm³/mol. The van der Waals surface area contributed by atoms with Crippen LogP contribution in [0.25, 0.3) is 5.65 Å². The highest BCUT2D eigenvalue weighted by molar-refractivity contribution is 5.96. The number of nitrogens with one attached hydrogen (secondary N) is 1. The zero-order chi connectivity index (χ0) is 17.6. The fourth-order valence-electron chi connectivity index (χ4n) is 3.40. The number of anilines is 1. The highest BCUT2D eigenvalue weighted by Crippen LogP contribution is 2.22. The van der Waals surface area contributed by atoms with Gasteiger partial charge in [0.25, 0.3) is 5.91 Å². The number of hydrogen-bond acceptors (Lipinski definition) is 6. The number of fused-ring (bicyclic) bond motifs is 1. The number of aryl methyl sites for hydroxylation is 2. The molecule has 1 saturated heterocycles. The SMILES string of the molecule is Cc1nn(C)c(C)c1C(=O)NC1CCN(c2nccn3cnnc23)C1. The molecule has 0 radical (unpaired) electrons. The van der Waals surface area contributed by atoms with Gasteiger partial charge in [0.05, 0.1) is 11.3 Å². The Labute approximate surface area is 144 Å². The second kappa shape index (κ2) is 5.83. The van der Waals surface area contributed by atoms with Gasteiger partial charge in [-0.15, -0.1) is 10.2 Å². The Bertz CT molecular complexity index is 943. The second-order valence-corrected chi connectivity index (χ2v) is 6.39. The van der Waals surface area contributed by atoms with Crippen molar-refractivity contribution in [3.63, 3.8) is 0 Å². The minimum absolute atomic E-state index is 0.0661. The van der Waals surface area contributed by atoms with Gasteiger partial charge in [-0.2, -0.15) is 5.10 Å². The molecule has 1 fully saturated rings. The van der Waals surface area contributed by atoms with Crippen LogP contribution >= 0.6 is 0 Å². The minimum Gasteiger partial charge on any atom is -0.351 e. The van der Waals surface area contributed by atoms with Crippen molar-refractivity contribution < 1.29 is 4.79 Å². The highest BCUT2D eigenvalue weighted by Gasteiger charge is 2.28. The molecular formula is C16H20N8O. The smallest absolute Gasteiger partial charge is 0.255 e. The lowest BCUT2D eigenvalue weighted by Crippen LogP contribution is -2.37. The van der Waals surface area contributed by atoms with Gasteiger partial charge in [0.15, 0.2) is 5.82 Å². The first-order chi connectivity index (χ1) is 12.0. The van der Waals surface area contributed by atoms with Gasteiger partial charge in [-0.3, -0.25) is 13.9 Å². The van der Waals surface area contributed by atoms with E-state index in [-0.39, 0.29) is 11.9 Å². The Balaban J connectivity index is 1.49. The van der Waals surface area contributed by atoms with E-state index >= 15 is 0 Å². The molecule has 1 amide bonds. The van der Waals surface area contributed by atoms with Gasteiger partial charge in [0, 0.05) is 44.3 Å². The Morgan fingerprint density at radius 3 is 2.96 bits per heavy atom. The molecule has 1 atom stereocenters. The first-order valence-electron chi connectivity index (χ1n) is 8.25. The van der Waals surface area contributed by atoms with Crippen LogP contribution in [0.2, 0.25) is 0 Å². The van der Waals surface area contributed by atoms with Gasteiger partial charge in [-0.05, 0) is 20.3 Å². The third-order valence-corrected chi connectivity index (χ3v) is 4.76. The molecule has 25 heavy (non-hydrogen) atoms. The summed E-state index contributed by atoms with van der Waals surface area (Å²) in [5, 5.41) is 15.5. The monoisotopic (exact) mass is 340 g/mol. The van der Waals surface area contributed by atoms with Gasteiger partial charge in [-0.25, -0.2) is 4.98 Å². The van der Waals surface area contributed by atoms with E-state index in [0.717, 1.165) is 35.8 Å². The topological polar surface area (TPSA) is 93.2 Å². The van der Waals surface area contributed by atoms with E-state index in [0.29, 0.717) is 12.1 Å². The summed E-state index contributed by atoms with van der Waals surface area (Å²) in [5.74, 6) is 0.731. The molecule has 1 aliphatic heterocycles. The molecule has 3 aromatic rings. The standard InChI is InChI=1S/C16H20N8O/c1-10-13(11(2)22(3)21-10)16(25)19-12-4-6-23(8-12)14-15-20-18-9-24(15)7-5-17-14/h5,7,9,12H,4,6,8H2,1-3H3,(H,19,25). The average Bonchev–Trinajstić information content (AvgIpc) is 3.27. The summed E-state index contributed by atoms with van der Waals surface area (Å²) in [6.07, 6.45) is 6.08. The Morgan fingerprint density at radius 1 is 1.36 bits per heavy atom. The van der Waals surface area contributed by atoms with Crippen molar-refractivity contribution in [2.45, 2.75) is 26.3 Å². The van der Waals surface area contributed by atoms with Crippen molar-refractivity contribution in [2.24, 2.45) is 7.05 Å². The summed E-state index contributed by atoms with van der Waals surface area (Å²) in [6.45, 7) is 5.28. The molecule has 0 saturated carbocycles. The molecule has 0 bridgehead atoms. The summed E-state index contributed by atoms with van der Waals surface area (Å²) >= 11 is 0. The lowest BCUT2D eigenvalue weighted by molar-refractivity contribution is 0.0939. The third kappa shape index (κ3) is 2.61. The van der Waals surface area contributed by atoms with Crippen molar-refractivity contribution in [2.75, 3.05) is 18.0 Å². The first kappa shape index (κ1) is 15.6. The van der Waals surface area contributed by atoms with Crippen LogP contribution in [0.15, 0.2) is 18.7 Å². The first-order valence-corrected chi connectivity index (χ1v) is 8.25. The van der Waals surface area contributed by atoms with Crippen molar-refractivity contribution in [3.05, 3.63) is 35.7 Å². The highest BCUT2D eigenvalue weighted by atomic mass is 16.1. The van der Waals surface area contributed by atoms with Crippen LogP contribution in [0.1, 0.15) is 28.2 Å². The molecule has 0 spiro atoms. The number of nitrogens with zero attached hydrogens (tertiary/aromatic N) is 7. The molecular weight excluding hydrogens is 320 g/mol. The summed E-state index contributed by atoms with van der Waals surface area (Å²) in [7, 11) is 1.85. The zero-order valence-electron chi connectivity index (χ0n) is 14.5. The van der Waals surface area contributed by atoms with Gasteiger partial charge < -0.3 is 10.2 Å². The summed E-state index contributed by atoms with van der Waals surface area (Å²) in [5.41, 5.74) is 3.02. The minimum atomic E-state index is -0.0661. The summed E-state index contributed by atoms with van der Waals surface area (Å²) in [6, 6.07) is 0.0662. The number of amides is 1. The van der Waals surface area contributed by atoms with Crippen LogP contribution < -0.4 is 10.2 Å². The fourth-order valence-corrected chi connectivity index (χ4v) is 3.40. The van der Waals surface area contributed by atoms with Gasteiger partial charge in [-0.1, -0.05) is 0 Å². The molecule has 130 valence electrons. The van der Waals surface area contributed by atoms with E-state index < -0.39 is 0 Å². The molecule has 9 nitrogen and oxygen atoms in total. The van der Waals surface area contributed by atoms with E-state index in [1.165, 1.54) is 0 Å². The predicted octanol–water partition coefficient (Wildman–Crippen LogP) is 0.483. The van der Waals surface area contributed by atoms with Gasteiger partial charge in [0.1, 0.15) is 6.33 Å². The van der Waals surface area contributed by atoms with Gasteiger partial charge in [0.2, 0.25) is 5.65 Å². The van der Waals surface area contributed by atoms with Gasteiger partial charge >= 0.3 is 0 Å². The normalized spacial score (nSPS) is 17.4. The van der Waals surface area contributed by atoms with Crippen molar-refractivity contribution in [3.8, 4) is 0 Å². The molecule has 4 rings (SSSR count). The van der Waals surface area contributed by atoms with E-state index in [1.807, 2.05) is 31.5 Å². The lowest BCUT2D eigenvalue weighted by atomic mass is 10.1. The molecule has 0 aliphatic carbocycles. The fraction of sp³-hybridized carbons (Fsp3) is 0.438. The Kier molecular flexibility index (Phi) is 3.63. The maximum absolute atomic E-state index is 12.6. The molecule has 3 aromatic heterocycles. The maximum Gasteiger partial charge on any atom is 0.255 e. The Morgan fingerprint density at radius 2 is 2.20 bits per heavy atom. The van der Waals surface area contributed by atoms with Crippen LogP contribution in [0.4, 0.5) is 5.82 Å². The number of hydrogen-bond donors (Lipinski definition) is 1. The van der Waals surface area contributed by atoms with E-state index in [2.05, 4.69) is 30.5 Å². The average molecular weight is 340 g/mol. The van der Waals surface area contributed by atoms with Crippen LogP contribution in [0.3, 0.4) is 0 Å². The molecule has 1 N–H and O–H groups in total. The van der Waals surface area contributed by atoms with E-state index in [1.54, 1.807) is 17.2 Å². The lowest BCUT2D eigenvalue weighted by Gasteiger charge is -2.18. The summed E-state index contributed by atoms with van der Waals surface area (Å²) < 4.78 is 3.58. The van der Waals surface area contributed by atoms with Crippen LogP contribution in [-0.4, -0.2) is 54.4 Å². The van der Waals surface area contributed by atoms with Crippen molar-refractivity contribution in [1.29, 1.82) is 0 Å². The van der Waals surface area contributed by atoms with E-state index in [4.69, 9.17) is 0 Å². The van der Waals surface area contributed by atoms with Crippen molar-refractivity contribution in [1.82, 2.24) is 34.7 Å². The van der Waals surface area contributed by atoms with Crippen molar-refractivity contribution >= 4 is 17.4 Å². The molecule has 1 unspecified atom stereocenters. The maximum atomic E-state index is 12.6.